The van der Waals surface area contributed by atoms with Crippen LogP contribution in [-0.4, -0.2) is 44.5 Å². The average molecular weight is 525 g/mol. The lowest BCUT2D eigenvalue weighted by molar-refractivity contribution is -0.117. The fourth-order valence-electron chi connectivity index (χ4n) is 4.71. The highest BCUT2D eigenvalue weighted by Gasteiger charge is 2.21. The molecule has 2 atom stereocenters. The second kappa shape index (κ2) is 10.6. The van der Waals surface area contributed by atoms with Crippen molar-refractivity contribution in [1.29, 1.82) is 0 Å². The van der Waals surface area contributed by atoms with Crippen molar-refractivity contribution in [3.05, 3.63) is 75.9 Å². The van der Waals surface area contributed by atoms with E-state index < -0.39 is 5.91 Å². The molecule has 4 heterocycles. The SMILES string of the molecule is CC(Oc1cc(-c2cnc3ccc(CN4CCC[C@@H](O)C4)cn23)sc1CC(N)=O)c1ccccc1Cl. The Labute approximate surface area is 219 Å². The molecule has 0 aliphatic carbocycles. The number of fused-ring (bicyclic) bond motifs is 1. The highest BCUT2D eigenvalue weighted by atomic mass is 35.5. The van der Waals surface area contributed by atoms with Crippen molar-refractivity contribution in [2.75, 3.05) is 13.1 Å². The first kappa shape index (κ1) is 24.8. The number of hydrogen-bond donors (Lipinski definition) is 2. The molecule has 1 aliphatic heterocycles. The van der Waals surface area contributed by atoms with Gasteiger partial charge in [-0.2, -0.15) is 0 Å². The summed E-state index contributed by atoms with van der Waals surface area (Å²) in [5.74, 6) is 0.206. The van der Waals surface area contributed by atoms with Crippen molar-refractivity contribution in [3.8, 4) is 16.3 Å². The van der Waals surface area contributed by atoms with Gasteiger partial charge in [-0.05, 0) is 44.0 Å². The number of rotatable bonds is 8. The molecule has 5 rings (SSSR count). The molecule has 0 saturated carbocycles. The fourth-order valence-corrected chi connectivity index (χ4v) is 6.11. The van der Waals surface area contributed by atoms with Gasteiger partial charge in [0.1, 0.15) is 17.5 Å². The van der Waals surface area contributed by atoms with E-state index in [0.717, 1.165) is 58.2 Å². The number of carbonyl (C=O) groups excluding carboxylic acids is 1. The number of benzene rings is 1. The normalized spacial score (nSPS) is 17.4. The monoisotopic (exact) mass is 524 g/mol. The first-order valence-corrected chi connectivity index (χ1v) is 13.3. The minimum Gasteiger partial charge on any atom is -0.485 e. The minimum atomic E-state index is -0.414. The van der Waals surface area contributed by atoms with E-state index in [9.17, 15) is 9.90 Å². The third-order valence-electron chi connectivity index (χ3n) is 6.46. The summed E-state index contributed by atoms with van der Waals surface area (Å²) in [7, 11) is 0. The standard InChI is InChI=1S/C27H29ClN4O3S/c1-17(20-6-2-3-7-21(20)28)35-23-11-24(36-25(23)12-26(29)34)22-13-30-27-9-8-18(15-32(22)27)14-31-10-4-5-19(33)16-31/h2-3,6-9,11,13,15,17,19,33H,4-5,10,12,14,16H2,1H3,(H2,29,34)/t17?,19-/m1/s1. The molecule has 1 saturated heterocycles. The van der Waals surface area contributed by atoms with E-state index in [1.807, 2.05) is 49.5 Å². The molecule has 0 spiro atoms. The molecule has 1 amide bonds. The Morgan fingerprint density at radius 2 is 2.17 bits per heavy atom. The quantitative estimate of drug-likeness (QED) is 0.344. The van der Waals surface area contributed by atoms with E-state index in [0.29, 0.717) is 17.3 Å². The zero-order valence-electron chi connectivity index (χ0n) is 20.1. The summed E-state index contributed by atoms with van der Waals surface area (Å²) in [4.78, 5) is 20.4. The number of ether oxygens (including phenoxy) is 1. The molecular formula is C27H29ClN4O3S. The molecule has 3 aromatic heterocycles. The van der Waals surface area contributed by atoms with Crippen molar-refractivity contribution in [2.45, 2.75) is 44.9 Å². The number of aliphatic hydroxyl groups is 1. The molecule has 1 aliphatic rings. The summed E-state index contributed by atoms with van der Waals surface area (Å²) in [5.41, 5.74) is 9.32. The van der Waals surface area contributed by atoms with Crippen molar-refractivity contribution in [2.24, 2.45) is 5.73 Å². The second-order valence-corrected chi connectivity index (χ2v) is 10.8. The molecule has 1 fully saturated rings. The molecule has 4 aromatic rings. The number of likely N-dealkylation sites (tertiary alicyclic amines) is 1. The molecule has 188 valence electrons. The summed E-state index contributed by atoms with van der Waals surface area (Å²) in [6, 6.07) is 13.6. The van der Waals surface area contributed by atoms with Crippen LogP contribution in [0.1, 0.15) is 41.9 Å². The van der Waals surface area contributed by atoms with Gasteiger partial charge in [0.2, 0.25) is 5.91 Å². The van der Waals surface area contributed by atoms with Crippen LogP contribution in [0.15, 0.2) is 54.9 Å². The lowest BCUT2D eigenvalue weighted by atomic mass is 10.1. The van der Waals surface area contributed by atoms with Crippen LogP contribution >= 0.6 is 22.9 Å². The number of amides is 1. The van der Waals surface area contributed by atoms with Crippen molar-refractivity contribution < 1.29 is 14.6 Å². The van der Waals surface area contributed by atoms with E-state index in [-0.39, 0.29) is 18.6 Å². The lowest BCUT2D eigenvalue weighted by Crippen LogP contribution is -2.37. The molecule has 0 bridgehead atoms. The number of aromatic nitrogens is 2. The Balaban J connectivity index is 1.45. The van der Waals surface area contributed by atoms with Crippen LogP contribution in [0, 0.1) is 0 Å². The molecule has 7 nitrogen and oxygen atoms in total. The topological polar surface area (TPSA) is 93.1 Å². The summed E-state index contributed by atoms with van der Waals surface area (Å²) >= 11 is 7.85. The van der Waals surface area contributed by atoms with Crippen LogP contribution < -0.4 is 10.5 Å². The predicted molar refractivity (Wildman–Crippen MR) is 142 cm³/mol. The van der Waals surface area contributed by atoms with E-state index in [1.54, 1.807) is 0 Å². The largest absolute Gasteiger partial charge is 0.485 e. The Morgan fingerprint density at radius 3 is 2.94 bits per heavy atom. The summed E-state index contributed by atoms with van der Waals surface area (Å²) in [5, 5.41) is 10.7. The van der Waals surface area contributed by atoms with Gasteiger partial charge < -0.3 is 15.6 Å². The van der Waals surface area contributed by atoms with Crippen LogP contribution in [0.4, 0.5) is 0 Å². The maximum Gasteiger partial charge on any atom is 0.222 e. The number of nitrogens with zero attached hydrogens (tertiary/aromatic N) is 3. The number of β-amino-alcohol motifs (C(OH)–C–C–N with tert-alkyl or cyclic N) is 1. The van der Waals surface area contributed by atoms with Gasteiger partial charge in [0.15, 0.2) is 0 Å². The third-order valence-corrected chi connectivity index (χ3v) is 7.94. The molecule has 1 aromatic carbocycles. The lowest BCUT2D eigenvalue weighted by Gasteiger charge is -2.29. The van der Waals surface area contributed by atoms with Gasteiger partial charge in [0.05, 0.1) is 34.2 Å². The van der Waals surface area contributed by atoms with E-state index >= 15 is 0 Å². The Bertz CT molecular complexity index is 1380. The Kier molecular flexibility index (Phi) is 7.29. The van der Waals surface area contributed by atoms with E-state index in [2.05, 4.69) is 26.5 Å². The molecular weight excluding hydrogens is 496 g/mol. The van der Waals surface area contributed by atoms with Gasteiger partial charge in [-0.15, -0.1) is 11.3 Å². The zero-order chi connectivity index (χ0) is 25.2. The molecule has 9 heteroatoms. The van der Waals surface area contributed by atoms with E-state index in [1.165, 1.54) is 11.3 Å². The number of pyridine rings is 1. The molecule has 1 unspecified atom stereocenters. The Hall–Kier alpha value is -2.91. The number of primary amides is 1. The summed E-state index contributed by atoms with van der Waals surface area (Å²) < 4.78 is 8.36. The maximum atomic E-state index is 11.8. The van der Waals surface area contributed by atoms with Crippen molar-refractivity contribution in [3.63, 3.8) is 0 Å². The number of imidazole rings is 1. The number of nitrogens with two attached hydrogens (primary N) is 1. The number of halogens is 1. The molecule has 0 radical (unpaired) electrons. The van der Waals surface area contributed by atoms with Crippen LogP contribution in [0.3, 0.4) is 0 Å². The third kappa shape index (κ3) is 5.42. The number of hydrogen-bond acceptors (Lipinski definition) is 6. The minimum absolute atomic E-state index is 0.0918. The highest BCUT2D eigenvalue weighted by Crippen LogP contribution is 2.39. The van der Waals surface area contributed by atoms with Gasteiger partial charge in [-0.1, -0.05) is 35.9 Å². The molecule has 36 heavy (non-hydrogen) atoms. The average Bonchev–Trinajstić information content (AvgIpc) is 3.42. The van der Waals surface area contributed by atoms with Gasteiger partial charge in [0.25, 0.3) is 0 Å². The number of thiophene rings is 1. The van der Waals surface area contributed by atoms with Crippen LogP contribution in [-0.2, 0) is 17.8 Å². The number of piperidine rings is 1. The second-order valence-electron chi connectivity index (χ2n) is 9.26. The van der Waals surface area contributed by atoms with Gasteiger partial charge >= 0.3 is 0 Å². The number of aliphatic hydroxyl groups excluding tert-OH is 1. The smallest absolute Gasteiger partial charge is 0.222 e. The predicted octanol–water partition coefficient (Wildman–Crippen LogP) is 4.84. The van der Waals surface area contributed by atoms with Gasteiger partial charge in [-0.3, -0.25) is 14.1 Å². The van der Waals surface area contributed by atoms with Crippen LogP contribution in [0.5, 0.6) is 5.75 Å². The first-order valence-electron chi connectivity index (χ1n) is 12.1. The Morgan fingerprint density at radius 1 is 1.33 bits per heavy atom. The fraction of sp³-hybridized carbons (Fsp3) is 0.333. The first-order chi connectivity index (χ1) is 17.4. The summed E-state index contributed by atoms with van der Waals surface area (Å²) in [6.45, 7) is 4.38. The van der Waals surface area contributed by atoms with E-state index in [4.69, 9.17) is 22.1 Å². The van der Waals surface area contributed by atoms with Gasteiger partial charge in [-0.25, -0.2) is 4.98 Å². The molecule has 3 N–H and O–H groups in total. The van der Waals surface area contributed by atoms with Gasteiger partial charge in [0, 0.05) is 35.9 Å². The highest BCUT2D eigenvalue weighted by molar-refractivity contribution is 7.15. The van der Waals surface area contributed by atoms with Crippen LogP contribution in [0.2, 0.25) is 5.02 Å². The zero-order valence-corrected chi connectivity index (χ0v) is 21.6. The van der Waals surface area contributed by atoms with Crippen LogP contribution in [0.25, 0.3) is 16.2 Å². The summed E-state index contributed by atoms with van der Waals surface area (Å²) in [6.07, 6.45) is 5.34. The van der Waals surface area contributed by atoms with Crippen molar-refractivity contribution >= 4 is 34.5 Å². The van der Waals surface area contributed by atoms with Crippen molar-refractivity contribution in [1.82, 2.24) is 14.3 Å². The number of carbonyl (C=O) groups is 1. The maximum absolute atomic E-state index is 11.8.